The second-order valence-electron chi connectivity index (χ2n) is 4.28. The van der Waals surface area contributed by atoms with E-state index in [-0.39, 0.29) is 30.1 Å². The van der Waals surface area contributed by atoms with Crippen molar-refractivity contribution in [1.29, 1.82) is 0 Å². The van der Waals surface area contributed by atoms with Crippen LogP contribution in [0.4, 0.5) is 0 Å². The fraction of sp³-hybridized carbons (Fsp3) is 0.429. The summed E-state index contributed by atoms with van der Waals surface area (Å²) in [7, 11) is 0. The predicted octanol–water partition coefficient (Wildman–Crippen LogP) is 0.768. The summed E-state index contributed by atoms with van der Waals surface area (Å²) in [6.45, 7) is 5.14. The van der Waals surface area contributed by atoms with Crippen molar-refractivity contribution >= 4 is 17.8 Å². The number of carboxylic acid groups (broad SMARTS) is 1. The van der Waals surface area contributed by atoms with Gasteiger partial charge in [0.15, 0.2) is 0 Å². The smallest absolute Gasteiger partial charge is 0.338 e. The summed E-state index contributed by atoms with van der Waals surface area (Å²) >= 11 is 0. The van der Waals surface area contributed by atoms with Crippen LogP contribution in [0.3, 0.4) is 0 Å². The van der Waals surface area contributed by atoms with Gasteiger partial charge in [0.25, 0.3) is 5.91 Å². The Hall–Kier alpha value is -2.44. The average molecular weight is 293 g/mol. The highest BCUT2D eigenvalue weighted by atomic mass is 16.4. The van der Waals surface area contributed by atoms with Crippen LogP contribution in [0, 0.1) is 0 Å². The summed E-state index contributed by atoms with van der Waals surface area (Å²) in [6, 6.07) is 2.76. The van der Waals surface area contributed by atoms with Crippen LogP contribution in [0.5, 0.6) is 0 Å². The minimum Gasteiger partial charge on any atom is -0.478 e. The lowest BCUT2D eigenvalue weighted by Gasteiger charge is -2.18. The number of carbonyl (C=O) groups is 3. The predicted molar refractivity (Wildman–Crippen MR) is 76.1 cm³/mol. The number of aromatic nitrogens is 1. The Morgan fingerprint density at radius 2 is 1.95 bits per heavy atom. The molecule has 0 saturated carbocycles. The highest BCUT2D eigenvalue weighted by Crippen LogP contribution is 2.05. The van der Waals surface area contributed by atoms with E-state index >= 15 is 0 Å². The maximum absolute atomic E-state index is 11.9. The third-order valence-corrected chi connectivity index (χ3v) is 2.99. The molecule has 0 aliphatic rings. The van der Waals surface area contributed by atoms with Gasteiger partial charge in [-0.15, -0.1) is 0 Å². The minimum atomic E-state index is -1.22. The first-order valence-corrected chi connectivity index (χ1v) is 6.75. The summed E-state index contributed by atoms with van der Waals surface area (Å²) in [5.74, 6) is -1.87. The second kappa shape index (κ2) is 7.98. The Labute approximate surface area is 123 Å². The summed E-state index contributed by atoms with van der Waals surface area (Å²) in [4.78, 5) is 40.1. The summed E-state index contributed by atoms with van der Waals surface area (Å²) < 4.78 is 0. The normalized spacial score (nSPS) is 10.0. The van der Waals surface area contributed by atoms with E-state index < -0.39 is 11.9 Å². The van der Waals surface area contributed by atoms with E-state index in [9.17, 15) is 14.4 Å². The SMILES string of the molecule is CCN(CC)C(=O)CCNC(=O)c1ncccc1C(=O)O. The average Bonchev–Trinajstić information content (AvgIpc) is 2.48. The number of carboxylic acids is 1. The van der Waals surface area contributed by atoms with Gasteiger partial charge in [-0.3, -0.25) is 14.6 Å². The van der Waals surface area contributed by atoms with Gasteiger partial charge in [-0.2, -0.15) is 0 Å². The molecular formula is C14H19N3O4. The van der Waals surface area contributed by atoms with Crippen LogP contribution < -0.4 is 5.32 Å². The molecule has 0 aliphatic heterocycles. The maximum Gasteiger partial charge on any atom is 0.338 e. The van der Waals surface area contributed by atoms with E-state index in [1.807, 2.05) is 13.8 Å². The molecule has 0 spiro atoms. The topological polar surface area (TPSA) is 99.6 Å². The number of nitrogens with one attached hydrogen (secondary N) is 1. The number of amides is 2. The van der Waals surface area contributed by atoms with Crippen molar-refractivity contribution in [2.24, 2.45) is 0 Å². The zero-order valence-electron chi connectivity index (χ0n) is 12.1. The molecule has 1 rings (SSSR count). The Balaban J connectivity index is 2.59. The molecule has 0 aliphatic carbocycles. The van der Waals surface area contributed by atoms with Gasteiger partial charge in [0.2, 0.25) is 5.91 Å². The highest BCUT2D eigenvalue weighted by molar-refractivity contribution is 6.03. The van der Waals surface area contributed by atoms with Gasteiger partial charge in [-0.05, 0) is 26.0 Å². The lowest BCUT2D eigenvalue weighted by atomic mass is 10.2. The van der Waals surface area contributed by atoms with Crippen LogP contribution in [0.1, 0.15) is 41.1 Å². The van der Waals surface area contributed by atoms with Crippen molar-refractivity contribution in [1.82, 2.24) is 15.2 Å². The van der Waals surface area contributed by atoms with Crippen molar-refractivity contribution in [2.75, 3.05) is 19.6 Å². The van der Waals surface area contributed by atoms with E-state index in [1.54, 1.807) is 4.90 Å². The Kier molecular flexibility index (Phi) is 6.32. The van der Waals surface area contributed by atoms with Crippen molar-refractivity contribution in [3.05, 3.63) is 29.6 Å². The molecule has 0 unspecified atom stereocenters. The molecule has 1 heterocycles. The minimum absolute atomic E-state index is 0.0558. The lowest BCUT2D eigenvalue weighted by Crippen LogP contribution is -2.34. The molecule has 1 aromatic heterocycles. The van der Waals surface area contributed by atoms with Crippen molar-refractivity contribution in [3.8, 4) is 0 Å². The van der Waals surface area contributed by atoms with Gasteiger partial charge < -0.3 is 15.3 Å². The molecule has 0 radical (unpaired) electrons. The van der Waals surface area contributed by atoms with Crippen LogP contribution in [-0.4, -0.2) is 52.4 Å². The van der Waals surface area contributed by atoms with E-state index in [2.05, 4.69) is 10.3 Å². The quantitative estimate of drug-likeness (QED) is 0.773. The first-order chi connectivity index (χ1) is 10.0. The second-order valence-corrected chi connectivity index (χ2v) is 4.28. The van der Waals surface area contributed by atoms with Crippen LogP contribution in [-0.2, 0) is 4.79 Å². The molecule has 0 saturated heterocycles. The monoisotopic (exact) mass is 293 g/mol. The molecule has 0 atom stereocenters. The Morgan fingerprint density at radius 1 is 1.29 bits per heavy atom. The number of pyridine rings is 1. The van der Waals surface area contributed by atoms with Crippen molar-refractivity contribution in [2.45, 2.75) is 20.3 Å². The first kappa shape index (κ1) is 16.6. The molecule has 114 valence electrons. The fourth-order valence-electron chi connectivity index (χ4n) is 1.86. The number of hydrogen-bond donors (Lipinski definition) is 2. The van der Waals surface area contributed by atoms with Gasteiger partial charge in [-0.25, -0.2) is 4.79 Å². The Bertz CT molecular complexity index is 527. The highest BCUT2D eigenvalue weighted by Gasteiger charge is 2.17. The van der Waals surface area contributed by atoms with Gasteiger partial charge in [0.05, 0.1) is 5.56 Å². The zero-order valence-corrected chi connectivity index (χ0v) is 12.1. The van der Waals surface area contributed by atoms with E-state index in [0.29, 0.717) is 13.1 Å². The molecule has 0 fully saturated rings. The maximum atomic E-state index is 11.9. The van der Waals surface area contributed by atoms with Gasteiger partial charge in [0.1, 0.15) is 5.69 Å². The van der Waals surface area contributed by atoms with Crippen molar-refractivity contribution < 1.29 is 19.5 Å². The molecule has 7 nitrogen and oxygen atoms in total. The molecule has 21 heavy (non-hydrogen) atoms. The Morgan fingerprint density at radius 3 is 2.52 bits per heavy atom. The third-order valence-electron chi connectivity index (χ3n) is 2.99. The van der Waals surface area contributed by atoms with Gasteiger partial charge >= 0.3 is 5.97 Å². The fourth-order valence-corrected chi connectivity index (χ4v) is 1.86. The number of nitrogens with zero attached hydrogens (tertiary/aromatic N) is 2. The van der Waals surface area contributed by atoms with Crippen LogP contribution in [0.2, 0.25) is 0 Å². The zero-order chi connectivity index (χ0) is 15.8. The number of hydrogen-bond acceptors (Lipinski definition) is 4. The molecule has 7 heteroatoms. The molecule has 2 N–H and O–H groups in total. The van der Waals surface area contributed by atoms with Crippen LogP contribution >= 0.6 is 0 Å². The molecule has 0 bridgehead atoms. The van der Waals surface area contributed by atoms with E-state index in [0.717, 1.165) is 0 Å². The molecule has 2 amide bonds. The van der Waals surface area contributed by atoms with Crippen molar-refractivity contribution in [3.63, 3.8) is 0 Å². The molecule has 1 aromatic rings. The summed E-state index contributed by atoms with van der Waals surface area (Å²) in [5, 5.41) is 11.5. The van der Waals surface area contributed by atoms with E-state index in [4.69, 9.17) is 5.11 Å². The van der Waals surface area contributed by atoms with Crippen LogP contribution in [0.25, 0.3) is 0 Å². The largest absolute Gasteiger partial charge is 0.478 e. The first-order valence-electron chi connectivity index (χ1n) is 6.75. The molecule has 0 aromatic carbocycles. The van der Waals surface area contributed by atoms with Gasteiger partial charge in [-0.1, -0.05) is 0 Å². The molecular weight excluding hydrogens is 274 g/mol. The summed E-state index contributed by atoms with van der Waals surface area (Å²) in [5.41, 5.74) is -0.314. The third kappa shape index (κ3) is 4.55. The lowest BCUT2D eigenvalue weighted by molar-refractivity contribution is -0.130. The van der Waals surface area contributed by atoms with E-state index in [1.165, 1.54) is 18.3 Å². The summed E-state index contributed by atoms with van der Waals surface area (Å²) in [6.07, 6.45) is 1.52. The van der Waals surface area contributed by atoms with Crippen LogP contribution in [0.15, 0.2) is 18.3 Å². The standard InChI is InChI=1S/C14H19N3O4/c1-3-17(4-2)11(18)7-9-16-13(19)12-10(14(20)21)6-5-8-15-12/h5-6,8H,3-4,7,9H2,1-2H3,(H,16,19)(H,20,21). The number of rotatable bonds is 7. The van der Waals surface area contributed by atoms with Gasteiger partial charge in [0, 0.05) is 32.3 Å². The number of aromatic carboxylic acids is 1. The number of carbonyl (C=O) groups excluding carboxylic acids is 2.